The molecule has 0 atom stereocenters. The van der Waals surface area contributed by atoms with Crippen LogP contribution in [0.15, 0.2) is 48.5 Å². The van der Waals surface area contributed by atoms with Crippen molar-refractivity contribution in [2.75, 3.05) is 38.1 Å². The molecule has 1 aromatic heterocycles. The average molecular weight is 318 g/mol. The van der Waals surface area contributed by atoms with Crippen LogP contribution >= 0.6 is 0 Å². The lowest BCUT2D eigenvalue weighted by Gasteiger charge is -2.34. The van der Waals surface area contributed by atoms with Gasteiger partial charge in [-0.25, -0.2) is 9.97 Å². The highest BCUT2D eigenvalue weighted by Gasteiger charge is 2.19. The summed E-state index contributed by atoms with van der Waals surface area (Å²) in [6, 6.07) is 16.7. The number of nitrogens with zero attached hydrogens (tertiary/aromatic N) is 4. The predicted molar refractivity (Wildman–Crippen MR) is 99.4 cm³/mol. The number of rotatable bonds is 2. The Morgan fingerprint density at radius 1 is 0.833 bits per heavy atom. The van der Waals surface area contributed by atoms with Crippen LogP contribution in [0.4, 0.5) is 5.82 Å². The van der Waals surface area contributed by atoms with E-state index in [9.17, 15) is 0 Å². The molecule has 1 saturated heterocycles. The van der Waals surface area contributed by atoms with Gasteiger partial charge in [0.1, 0.15) is 5.82 Å². The fraction of sp³-hybridized carbons (Fsp3) is 0.300. The van der Waals surface area contributed by atoms with E-state index in [2.05, 4.69) is 66.2 Å². The summed E-state index contributed by atoms with van der Waals surface area (Å²) in [4.78, 5) is 14.6. The first-order valence-corrected chi connectivity index (χ1v) is 8.48. The van der Waals surface area contributed by atoms with E-state index in [0.717, 1.165) is 54.3 Å². The molecule has 3 aromatic rings. The lowest BCUT2D eigenvalue weighted by molar-refractivity contribution is 0.312. The number of hydrogen-bond acceptors (Lipinski definition) is 4. The highest BCUT2D eigenvalue weighted by Crippen LogP contribution is 2.29. The van der Waals surface area contributed by atoms with Gasteiger partial charge in [-0.3, -0.25) is 0 Å². The van der Waals surface area contributed by atoms with E-state index in [1.54, 1.807) is 0 Å². The van der Waals surface area contributed by atoms with Crippen LogP contribution in [0.1, 0.15) is 5.56 Å². The molecule has 4 heteroatoms. The van der Waals surface area contributed by atoms with E-state index in [1.807, 2.05) is 6.07 Å². The van der Waals surface area contributed by atoms with E-state index in [0.29, 0.717) is 0 Å². The van der Waals surface area contributed by atoms with E-state index >= 15 is 0 Å². The molecule has 0 saturated carbocycles. The highest BCUT2D eigenvalue weighted by molar-refractivity contribution is 5.91. The number of anilines is 1. The van der Waals surface area contributed by atoms with Crippen molar-refractivity contribution in [2.45, 2.75) is 6.92 Å². The number of aryl methyl sites for hydroxylation is 1. The van der Waals surface area contributed by atoms with Crippen LogP contribution in [0.25, 0.3) is 22.3 Å². The third-order valence-electron chi connectivity index (χ3n) is 4.77. The van der Waals surface area contributed by atoms with Gasteiger partial charge in [0.25, 0.3) is 0 Å². The summed E-state index contributed by atoms with van der Waals surface area (Å²) in [5.74, 6) is 1.88. The molecular formula is C20H22N4. The molecule has 0 unspecified atom stereocenters. The summed E-state index contributed by atoms with van der Waals surface area (Å²) in [5.41, 5.74) is 3.33. The normalized spacial score (nSPS) is 15.8. The molecule has 4 nitrogen and oxygen atoms in total. The molecule has 24 heavy (non-hydrogen) atoms. The van der Waals surface area contributed by atoms with E-state index in [-0.39, 0.29) is 0 Å². The molecule has 1 aliphatic rings. The summed E-state index contributed by atoms with van der Waals surface area (Å²) in [6.45, 7) is 6.26. The molecule has 0 radical (unpaired) electrons. The maximum atomic E-state index is 4.98. The molecule has 0 amide bonds. The first kappa shape index (κ1) is 15.1. The maximum Gasteiger partial charge on any atom is 0.162 e. The molecule has 0 spiro atoms. The molecule has 1 aliphatic heterocycles. The number of hydrogen-bond donors (Lipinski definition) is 0. The van der Waals surface area contributed by atoms with Crippen LogP contribution in [0, 0.1) is 6.92 Å². The zero-order valence-corrected chi connectivity index (χ0v) is 14.2. The van der Waals surface area contributed by atoms with Crippen molar-refractivity contribution in [3.05, 3.63) is 54.1 Å². The van der Waals surface area contributed by atoms with Gasteiger partial charge < -0.3 is 9.80 Å². The molecule has 4 rings (SSSR count). The zero-order chi connectivity index (χ0) is 16.5. The summed E-state index contributed by atoms with van der Waals surface area (Å²) < 4.78 is 0. The monoisotopic (exact) mass is 318 g/mol. The van der Waals surface area contributed by atoms with Gasteiger partial charge in [0.2, 0.25) is 0 Å². The number of piperazine rings is 1. The van der Waals surface area contributed by atoms with Crippen molar-refractivity contribution >= 4 is 16.7 Å². The minimum Gasteiger partial charge on any atom is -0.353 e. The first-order valence-electron chi connectivity index (χ1n) is 8.48. The Kier molecular flexibility index (Phi) is 3.90. The number of benzene rings is 2. The lowest BCUT2D eigenvalue weighted by Crippen LogP contribution is -2.45. The Morgan fingerprint density at radius 3 is 2.33 bits per heavy atom. The Morgan fingerprint density at radius 2 is 1.54 bits per heavy atom. The third kappa shape index (κ3) is 2.74. The molecule has 122 valence electrons. The van der Waals surface area contributed by atoms with E-state index in [4.69, 9.17) is 9.97 Å². The molecule has 0 bridgehead atoms. The second kappa shape index (κ2) is 6.21. The van der Waals surface area contributed by atoms with Crippen molar-refractivity contribution in [3.8, 4) is 11.4 Å². The third-order valence-corrected chi connectivity index (χ3v) is 4.77. The van der Waals surface area contributed by atoms with Crippen LogP contribution in [-0.2, 0) is 0 Å². The highest BCUT2D eigenvalue weighted by atomic mass is 15.3. The van der Waals surface area contributed by atoms with Gasteiger partial charge in [0, 0.05) is 37.1 Å². The molecule has 0 aliphatic carbocycles. The largest absolute Gasteiger partial charge is 0.353 e. The number of likely N-dealkylation sites (N-methyl/N-ethyl adjacent to an activating group) is 1. The molecular weight excluding hydrogens is 296 g/mol. The van der Waals surface area contributed by atoms with E-state index in [1.165, 1.54) is 5.56 Å². The van der Waals surface area contributed by atoms with Gasteiger partial charge in [-0.15, -0.1) is 0 Å². The standard InChI is InChI=1S/C20H22N4/c1-15-7-3-4-8-16(15)19-21-18-10-6-5-9-17(18)20(22-19)24-13-11-23(2)12-14-24/h3-10H,11-14H2,1-2H3. The Labute approximate surface area is 142 Å². The Balaban J connectivity index is 1.87. The summed E-state index contributed by atoms with van der Waals surface area (Å²) >= 11 is 0. The number of fused-ring (bicyclic) bond motifs is 1. The topological polar surface area (TPSA) is 32.3 Å². The van der Waals surface area contributed by atoms with Crippen LogP contribution in [0.2, 0.25) is 0 Å². The van der Waals surface area contributed by atoms with Gasteiger partial charge >= 0.3 is 0 Å². The maximum absolute atomic E-state index is 4.98. The second-order valence-electron chi connectivity index (χ2n) is 6.49. The average Bonchev–Trinajstić information content (AvgIpc) is 2.62. The smallest absolute Gasteiger partial charge is 0.162 e. The molecule has 2 heterocycles. The molecule has 1 fully saturated rings. The number of para-hydroxylation sites is 1. The van der Waals surface area contributed by atoms with Gasteiger partial charge in [0.15, 0.2) is 5.82 Å². The van der Waals surface area contributed by atoms with Gasteiger partial charge in [-0.1, -0.05) is 36.4 Å². The van der Waals surface area contributed by atoms with Crippen LogP contribution in [-0.4, -0.2) is 48.1 Å². The van der Waals surface area contributed by atoms with Crippen molar-refractivity contribution in [3.63, 3.8) is 0 Å². The van der Waals surface area contributed by atoms with Crippen LogP contribution in [0.3, 0.4) is 0 Å². The second-order valence-corrected chi connectivity index (χ2v) is 6.49. The SMILES string of the molecule is Cc1ccccc1-c1nc(N2CCN(C)CC2)c2ccccc2n1. The minimum absolute atomic E-state index is 0.820. The van der Waals surface area contributed by atoms with Crippen molar-refractivity contribution in [2.24, 2.45) is 0 Å². The number of aromatic nitrogens is 2. The van der Waals surface area contributed by atoms with Gasteiger partial charge in [-0.2, -0.15) is 0 Å². The quantitative estimate of drug-likeness (QED) is 0.725. The van der Waals surface area contributed by atoms with Crippen LogP contribution in [0.5, 0.6) is 0 Å². The van der Waals surface area contributed by atoms with Crippen molar-refractivity contribution in [1.29, 1.82) is 0 Å². The minimum atomic E-state index is 0.820. The fourth-order valence-corrected chi connectivity index (χ4v) is 3.26. The Hall–Kier alpha value is -2.46. The Bertz CT molecular complexity index is 866. The molecule has 2 aromatic carbocycles. The summed E-state index contributed by atoms with van der Waals surface area (Å²) in [6.07, 6.45) is 0. The fourth-order valence-electron chi connectivity index (χ4n) is 3.26. The molecule has 0 N–H and O–H groups in total. The van der Waals surface area contributed by atoms with Crippen molar-refractivity contribution < 1.29 is 0 Å². The summed E-state index contributed by atoms with van der Waals surface area (Å²) in [5, 5.41) is 1.14. The van der Waals surface area contributed by atoms with E-state index < -0.39 is 0 Å². The van der Waals surface area contributed by atoms with Crippen LogP contribution < -0.4 is 4.90 Å². The van der Waals surface area contributed by atoms with Gasteiger partial charge in [0.05, 0.1) is 5.52 Å². The zero-order valence-electron chi connectivity index (χ0n) is 14.2. The summed E-state index contributed by atoms with van der Waals surface area (Å²) in [7, 11) is 2.17. The predicted octanol–water partition coefficient (Wildman–Crippen LogP) is 3.36. The lowest BCUT2D eigenvalue weighted by atomic mass is 10.1. The van der Waals surface area contributed by atoms with Gasteiger partial charge in [-0.05, 0) is 31.7 Å². The van der Waals surface area contributed by atoms with Crippen molar-refractivity contribution in [1.82, 2.24) is 14.9 Å². The first-order chi connectivity index (χ1) is 11.7.